The lowest BCUT2D eigenvalue weighted by molar-refractivity contribution is -0.134. The summed E-state index contributed by atoms with van der Waals surface area (Å²) in [6, 6.07) is 3.76. The number of likely N-dealkylation sites (tertiary alicyclic amines) is 1. The van der Waals surface area contributed by atoms with Crippen LogP contribution in [-0.4, -0.2) is 35.0 Å². The topological polar surface area (TPSA) is 66.6 Å². The molecule has 19 heavy (non-hydrogen) atoms. The number of amides is 1. The Morgan fingerprint density at radius 2 is 1.89 bits per heavy atom. The first kappa shape index (κ1) is 14.6. The molecule has 0 saturated carbocycles. The Morgan fingerprint density at radius 1 is 1.26 bits per heavy atom. The minimum Gasteiger partial charge on any atom is -0.386 e. The molecule has 1 aliphatic rings. The standard InChI is InChI=1S/C13H16Cl2N2O2/c14-9-4-3-8(7-10(9)15)12(18)11(16)13(19)17-5-1-2-6-17/h3-4,7,11-12,18H,1-2,5-6,16H2/t11-,12?/m1/s1. The Bertz CT molecular complexity index is 476. The summed E-state index contributed by atoms with van der Waals surface area (Å²) in [4.78, 5) is 13.8. The number of hydrogen-bond donors (Lipinski definition) is 2. The first-order valence-electron chi connectivity index (χ1n) is 6.18. The van der Waals surface area contributed by atoms with Crippen LogP contribution in [0.3, 0.4) is 0 Å². The van der Waals surface area contributed by atoms with Gasteiger partial charge in [-0.25, -0.2) is 0 Å². The maximum Gasteiger partial charge on any atom is 0.242 e. The normalized spacial score (nSPS) is 18.4. The van der Waals surface area contributed by atoms with Crippen molar-refractivity contribution in [3.63, 3.8) is 0 Å². The zero-order valence-corrected chi connectivity index (χ0v) is 11.9. The summed E-state index contributed by atoms with van der Waals surface area (Å²) in [5.74, 6) is -0.226. The van der Waals surface area contributed by atoms with Crippen molar-refractivity contribution in [1.29, 1.82) is 0 Å². The van der Waals surface area contributed by atoms with Crippen molar-refractivity contribution in [2.75, 3.05) is 13.1 Å². The van der Waals surface area contributed by atoms with E-state index < -0.39 is 12.1 Å². The van der Waals surface area contributed by atoms with Crippen LogP contribution in [0.1, 0.15) is 24.5 Å². The van der Waals surface area contributed by atoms with Gasteiger partial charge < -0.3 is 15.7 Å². The zero-order chi connectivity index (χ0) is 14.0. The number of halogens is 2. The maximum atomic E-state index is 12.1. The minimum absolute atomic E-state index is 0.226. The van der Waals surface area contributed by atoms with Crippen molar-refractivity contribution in [3.8, 4) is 0 Å². The number of nitrogens with zero attached hydrogens (tertiary/aromatic N) is 1. The van der Waals surface area contributed by atoms with E-state index in [1.807, 2.05) is 0 Å². The summed E-state index contributed by atoms with van der Waals surface area (Å²) in [7, 11) is 0. The second kappa shape index (κ2) is 6.09. The molecule has 104 valence electrons. The van der Waals surface area contributed by atoms with Gasteiger partial charge in [0.05, 0.1) is 10.0 Å². The third-order valence-electron chi connectivity index (χ3n) is 3.33. The van der Waals surface area contributed by atoms with Crippen molar-refractivity contribution >= 4 is 29.1 Å². The Balaban J connectivity index is 2.11. The molecule has 1 fully saturated rings. The summed E-state index contributed by atoms with van der Waals surface area (Å²) in [5.41, 5.74) is 6.34. The first-order valence-corrected chi connectivity index (χ1v) is 6.93. The molecule has 1 heterocycles. The van der Waals surface area contributed by atoms with Gasteiger partial charge in [0.1, 0.15) is 12.1 Å². The molecule has 1 aromatic carbocycles. The van der Waals surface area contributed by atoms with Crippen LogP contribution in [-0.2, 0) is 4.79 Å². The Kier molecular flexibility index (Phi) is 4.68. The van der Waals surface area contributed by atoms with Gasteiger partial charge in [0.2, 0.25) is 5.91 Å². The molecular weight excluding hydrogens is 287 g/mol. The molecule has 0 aromatic heterocycles. The van der Waals surface area contributed by atoms with Crippen molar-refractivity contribution < 1.29 is 9.90 Å². The predicted octanol–water partition coefficient (Wildman–Crippen LogP) is 1.98. The molecule has 3 N–H and O–H groups in total. The van der Waals surface area contributed by atoms with E-state index in [1.54, 1.807) is 17.0 Å². The van der Waals surface area contributed by atoms with E-state index >= 15 is 0 Å². The molecule has 0 aliphatic carbocycles. The fraction of sp³-hybridized carbons (Fsp3) is 0.462. The number of hydrogen-bond acceptors (Lipinski definition) is 3. The van der Waals surface area contributed by atoms with Gasteiger partial charge in [-0.05, 0) is 30.5 Å². The molecule has 6 heteroatoms. The quantitative estimate of drug-likeness (QED) is 0.897. The lowest BCUT2D eigenvalue weighted by Gasteiger charge is -2.24. The summed E-state index contributed by atoms with van der Waals surface area (Å²) < 4.78 is 0. The predicted molar refractivity (Wildman–Crippen MR) is 75.2 cm³/mol. The van der Waals surface area contributed by atoms with Gasteiger partial charge in [-0.15, -0.1) is 0 Å². The summed E-state index contributed by atoms with van der Waals surface area (Å²) >= 11 is 11.7. The van der Waals surface area contributed by atoms with Crippen LogP contribution in [0.25, 0.3) is 0 Å². The number of carbonyl (C=O) groups is 1. The molecule has 1 unspecified atom stereocenters. The summed E-state index contributed by atoms with van der Waals surface area (Å²) in [6.07, 6.45) is 0.894. The first-order chi connectivity index (χ1) is 9.00. The number of carbonyl (C=O) groups excluding carboxylic acids is 1. The lowest BCUT2D eigenvalue weighted by Crippen LogP contribution is -2.45. The van der Waals surface area contributed by atoms with E-state index in [9.17, 15) is 9.90 Å². The van der Waals surface area contributed by atoms with E-state index in [0.29, 0.717) is 28.7 Å². The summed E-state index contributed by atoms with van der Waals surface area (Å²) in [6.45, 7) is 1.42. The van der Waals surface area contributed by atoms with E-state index in [0.717, 1.165) is 12.8 Å². The van der Waals surface area contributed by atoms with Gasteiger partial charge in [0.25, 0.3) is 0 Å². The fourth-order valence-electron chi connectivity index (χ4n) is 2.19. The highest BCUT2D eigenvalue weighted by Crippen LogP contribution is 2.27. The highest BCUT2D eigenvalue weighted by Gasteiger charge is 2.29. The highest BCUT2D eigenvalue weighted by atomic mass is 35.5. The van der Waals surface area contributed by atoms with Crippen LogP contribution in [0.15, 0.2) is 18.2 Å². The molecule has 4 nitrogen and oxygen atoms in total. The van der Waals surface area contributed by atoms with E-state index in [1.165, 1.54) is 6.07 Å². The molecule has 2 rings (SSSR count). The highest BCUT2D eigenvalue weighted by molar-refractivity contribution is 6.42. The second-order valence-electron chi connectivity index (χ2n) is 4.68. The number of rotatable bonds is 3. The Labute approximate surface area is 122 Å². The molecule has 0 bridgehead atoms. The lowest BCUT2D eigenvalue weighted by atomic mass is 10.0. The van der Waals surface area contributed by atoms with Crippen molar-refractivity contribution in [2.45, 2.75) is 25.0 Å². The third kappa shape index (κ3) is 3.20. The van der Waals surface area contributed by atoms with E-state index in [4.69, 9.17) is 28.9 Å². The van der Waals surface area contributed by atoms with Gasteiger partial charge in [0, 0.05) is 13.1 Å². The van der Waals surface area contributed by atoms with Gasteiger partial charge in [-0.1, -0.05) is 29.3 Å². The average Bonchev–Trinajstić information content (AvgIpc) is 2.93. The van der Waals surface area contributed by atoms with Gasteiger partial charge in [-0.3, -0.25) is 4.79 Å². The number of aliphatic hydroxyl groups excluding tert-OH is 1. The molecule has 1 aromatic rings. The molecule has 2 atom stereocenters. The fourth-order valence-corrected chi connectivity index (χ4v) is 2.49. The van der Waals surface area contributed by atoms with Crippen LogP contribution < -0.4 is 5.73 Å². The SMILES string of the molecule is N[C@@H](C(=O)N1CCCC1)C(O)c1ccc(Cl)c(Cl)c1. The number of aliphatic hydroxyl groups is 1. The largest absolute Gasteiger partial charge is 0.386 e. The number of benzene rings is 1. The van der Waals surface area contributed by atoms with Crippen molar-refractivity contribution in [3.05, 3.63) is 33.8 Å². The van der Waals surface area contributed by atoms with Crippen LogP contribution in [0.4, 0.5) is 0 Å². The van der Waals surface area contributed by atoms with Gasteiger partial charge in [0.15, 0.2) is 0 Å². The number of nitrogens with two attached hydrogens (primary N) is 1. The molecule has 1 aliphatic heterocycles. The second-order valence-corrected chi connectivity index (χ2v) is 5.49. The summed E-state index contributed by atoms with van der Waals surface area (Å²) in [5, 5.41) is 10.9. The molecule has 1 saturated heterocycles. The van der Waals surface area contributed by atoms with Crippen LogP contribution >= 0.6 is 23.2 Å². The van der Waals surface area contributed by atoms with Crippen molar-refractivity contribution in [2.24, 2.45) is 5.73 Å². The Morgan fingerprint density at radius 3 is 2.47 bits per heavy atom. The Hall–Kier alpha value is -0.810. The zero-order valence-electron chi connectivity index (χ0n) is 10.4. The monoisotopic (exact) mass is 302 g/mol. The molecular formula is C13H16Cl2N2O2. The van der Waals surface area contributed by atoms with Crippen LogP contribution in [0.5, 0.6) is 0 Å². The maximum absolute atomic E-state index is 12.1. The molecule has 1 amide bonds. The van der Waals surface area contributed by atoms with Crippen LogP contribution in [0.2, 0.25) is 10.0 Å². The minimum atomic E-state index is -1.08. The molecule has 0 spiro atoms. The third-order valence-corrected chi connectivity index (χ3v) is 4.07. The van der Waals surface area contributed by atoms with Crippen LogP contribution in [0, 0.1) is 0 Å². The van der Waals surface area contributed by atoms with E-state index in [2.05, 4.69) is 0 Å². The smallest absolute Gasteiger partial charge is 0.242 e. The van der Waals surface area contributed by atoms with Gasteiger partial charge in [-0.2, -0.15) is 0 Å². The van der Waals surface area contributed by atoms with Crippen molar-refractivity contribution in [1.82, 2.24) is 4.90 Å². The molecule has 0 radical (unpaired) electrons. The van der Waals surface area contributed by atoms with E-state index in [-0.39, 0.29) is 5.91 Å². The average molecular weight is 303 g/mol. The van der Waals surface area contributed by atoms with Gasteiger partial charge >= 0.3 is 0 Å².